The van der Waals surface area contributed by atoms with Crippen molar-refractivity contribution in [2.75, 3.05) is 6.61 Å². The third-order valence-electron chi connectivity index (χ3n) is 9.16. The molecule has 0 unspecified atom stereocenters. The van der Waals surface area contributed by atoms with E-state index in [0.717, 1.165) is 83.8 Å². The SMILES string of the molecule is CCOC(=O)CCCc1c2nc(c(-c3ccccc3)c3ccc([nH]3)c(-c3ccccc3)c3nc(c(-c4ccccc4)c4ccc1[nH]4)C=C3)C=C2. The Morgan fingerprint density at radius 1 is 0.540 bits per heavy atom. The molecule has 2 aliphatic rings. The Labute approximate surface area is 290 Å². The standard InChI is InChI=1S/C44H36N4O2/c1-2-50-41(49)20-12-19-32-33-21-23-35(45-33)42(29-13-6-3-7-14-29)37-25-27-39(47-37)44(31-17-10-5-11-18-31)40-28-26-38(48-40)43(30-15-8-4-9-16-30)36-24-22-34(32)46-36/h3-11,13-18,21-28,45,48H,2,12,19-20H2,1H3. The molecule has 0 aliphatic carbocycles. The third-order valence-corrected chi connectivity index (χ3v) is 9.16. The molecule has 3 aromatic carbocycles. The molecule has 6 aromatic rings. The zero-order valence-electron chi connectivity index (χ0n) is 27.8. The van der Waals surface area contributed by atoms with Crippen LogP contribution >= 0.6 is 0 Å². The minimum atomic E-state index is -0.184. The lowest BCUT2D eigenvalue weighted by atomic mass is 10.0. The van der Waals surface area contributed by atoms with Crippen molar-refractivity contribution in [2.45, 2.75) is 26.2 Å². The van der Waals surface area contributed by atoms with Crippen LogP contribution in [0.5, 0.6) is 0 Å². The molecule has 5 heterocycles. The topological polar surface area (TPSA) is 83.7 Å². The lowest BCUT2D eigenvalue weighted by Gasteiger charge is -2.07. The van der Waals surface area contributed by atoms with Crippen LogP contribution in [-0.2, 0) is 16.0 Å². The van der Waals surface area contributed by atoms with Crippen LogP contribution in [0.25, 0.3) is 79.8 Å². The Hall–Kier alpha value is -6.27. The molecule has 8 bridgehead atoms. The third kappa shape index (κ3) is 6.08. The zero-order chi connectivity index (χ0) is 33.9. The molecule has 0 radical (unpaired) electrons. The highest BCUT2D eigenvalue weighted by Gasteiger charge is 2.18. The van der Waals surface area contributed by atoms with Crippen molar-refractivity contribution in [3.63, 3.8) is 0 Å². The van der Waals surface area contributed by atoms with Gasteiger partial charge in [-0.2, -0.15) is 0 Å². The van der Waals surface area contributed by atoms with Crippen LogP contribution in [0, 0.1) is 0 Å². The van der Waals surface area contributed by atoms with Crippen LogP contribution in [0.4, 0.5) is 0 Å². The van der Waals surface area contributed by atoms with Crippen molar-refractivity contribution in [3.05, 3.63) is 144 Å². The maximum atomic E-state index is 12.3. The summed E-state index contributed by atoms with van der Waals surface area (Å²) < 4.78 is 5.25. The molecule has 0 atom stereocenters. The Morgan fingerprint density at radius 2 is 0.940 bits per heavy atom. The van der Waals surface area contributed by atoms with Crippen LogP contribution in [-0.4, -0.2) is 32.5 Å². The van der Waals surface area contributed by atoms with Gasteiger partial charge >= 0.3 is 5.97 Å². The number of carbonyl (C=O) groups is 1. The number of carbonyl (C=O) groups excluding carboxylic acids is 1. The number of ether oxygens (including phenoxy) is 1. The second-order valence-electron chi connectivity index (χ2n) is 12.4. The fraction of sp³-hybridized carbons (Fsp3) is 0.114. The van der Waals surface area contributed by atoms with E-state index in [1.807, 2.05) is 25.1 Å². The number of aromatic amines is 2. The summed E-state index contributed by atoms with van der Waals surface area (Å²) in [6.45, 7) is 2.21. The number of nitrogens with zero attached hydrogens (tertiary/aromatic N) is 2. The highest BCUT2D eigenvalue weighted by molar-refractivity contribution is 5.97. The maximum absolute atomic E-state index is 12.3. The first-order chi connectivity index (χ1) is 24.7. The maximum Gasteiger partial charge on any atom is 0.305 e. The number of fused-ring (bicyclic) bond motifs is 8. The molecule has 2 aliphatic heterocycles. The number of rotatable bonds is 8. The summed E-state index contributed by atoms with van der Waals surface area (Å²) >= 11 is 0. The number of hydrogen-bond donors (Lipinski definition) is 2. The van der Waals surface area contributed by atoms with Crippen LogP contribution in [0.3, 0.4) is 0 Å². The molecular formula is C44H36N4O2. The minimum Gasteiger partial charge on any atom is -0.466 e. The van der Waals surface area contributed by atoms with E-state index in [1.165, 1.54) is 0 Å². The summed E-state index contributed by atoms with van der Waals surface area (Å²) in [4.78, 5) is 30.5. The second-order valence-corrected chi connectivity index (χ2v) is 12.4. The van der Waals surface area contributed by atoms with Gasteiger partial charge in [-0.25, -0.2) is 9.97 Å². The monoisotopic (exact) mass is 652 g/mol. The quantitative estimate of drug-likeness (QED) is 0.160. The van der Waals surface area contributed by atoms with Crippen LogP contribution in [0.2, 0.25) is 0 Å². The average Bonchev–Trinajstić information content (AvgIpc) is 3.99. The Morgan fingerprint density at radius 3 is 1.40 bits per heavy atom. The van der Waals surface area contributed by atoms with Gasteiger partial charge < -0.3 is 14.7 Å². The highest BCUT2D eigenvalue weighted by atomic mass is 16.5. The average molecular weight is 653 g/mol. The molecule has 0 fully saturated rings. The molecule has 3 aromatic heterocycles. The molecule has 6 nitrogen and oxygen atoms in total. The number of H-pyrrole nitrogens is 2. The first-order valence-electron chi connectivity index (χ1n) is 17.1. The summed E-state index contributed by atoms with van der Waals surface area (Å²) in [7, 11) is 0. The molecule has 6 heteroatoms. The summed E-state index contributed by atoms with van der Waals surface area (Å²) in [6, 6.07) is 39.7. The minimum absolute atomic E-state index is 0.184. The Balaban J connectivity index is 1.48. The van der Waals surface area contributed by atoms with Gasteiger partial charge in [0, 0.05) is 50.7 Å². The summed E-state index contributed by atoms with van der Waals surface area (Å²) in [5, 5.41) is 0. The first kappa shape index (κ1) is 31.0. The Bertz CT molecular complexity index is 2380. The van der Waals surface area contributed by atoms with Crippen molar-refractivity contribution in [1.29, 1.82) is 0 Å². The number of benzene rings is 3. The molecule has 0 saturated carbocycles. The molecular weight excluding hydrogens is 617 g/mol. The second kappa shape index (κ2) is 13.7. The van der Waals surface area contributed by atoms with Crippen LogP contribution < -0.4 is 0 Å². The van der Waals surface area contributed by atoms with Crippen molar-refractivity contribution < 1.29 is 9.53 Å². The van der Waals surface area contributed by atoms with Gasteiger partial charge in [0.1, 0.15) is 0 Å². The zero-order valence-corrected chi connectivity index (χ0v) is 27.8. The van der Waals surface area contributed by atoms with Crippen molar-refractivity contribution in [1.82, 2.24) is 19.9 Å². The van der Waals surface area contributed by atoms with Gasteiger partial charge in [0.05, 0.1) is 29.4 Å². The van der Waals surface area contributed by atoms with Gasteiger partial charge in [0.25, 0.3) is 0 Å². The van der Waals surface area contributed by atoms with Crippen molar-refractivity contribution in [2.24, 2.45) is 0 Å². The summed E-state index contributed by atoms with van der Waals surface area (Å²) in [6.07, 6.45) is 10.0. The van der Waals surface area contributed by atoms with E-state index in [0.29, 0.717) is 25.9 Å². The fourth-order valence-electron chi connectivity index (χ4n) is 6.90. The van der Waals surface area contributed by atoms with E-state index in [9.17, 15) is 4.79 Å². The van der Waals surface area contributed by atoms with E-state index >= 15 is 0 Å². The molecule has 8 rings (SSSR count). The lowest BCUT2D eigenvalue weighted by molar-refractivity contribution is -0.143. The molecule has 0 amide bonds. The van der Waals surface area contributed by atoms with Gasteiger partial charge in [-0.1, -0.05) is 91.0 Å². The number of esters is 1. The van der Waals surface area contributed by atoms with E-state index in [4.69, 9.17) is 14.7 Å². The van der Waals surface area contributed by atoms with Gasteiger partial charge in [-0.05, 0) is 85.0 Å². The first-order valence-corrected chi connectivity index (χ1v) is 17.1. The smallest absolute Gasteiger partial charge is 0.305 e. The summed E-state index contributed by atoms with van der Waals surface area (Å²) in [5.74, 6) is -0.184. The van der Waals surface area contributed by atoms with E-state index < -0.39 is 0 Å². The molecule has 0 saturated heterocycles. The molecule has 50 heavy (non-hydrogen) atoms. The van der Waals surface area contributed by atoms with Gasteiger partial charge in [-0.3, -0.25) is 4.79 Å². The van der Waals surface area contributed by atoms with E-state index in [-0.39, 0.29) is 5.97 Å². The van der Waals surface area contributed by atoms with Crippen LogP contribution in [0.1, 0.15) is 48.1 Å². The van der Waals surface area contributed by atoms with E-state index in [2.05, 4.69) is 131 Å². The number of aryl methyl sites for hydroxylation is 1. The van der Waals surface area contributed by atoms with Gasteiger partial charge in [0.15, 0.2) is 0 Å². The Kier molecular flexibility index (Phi) is 8.49. The fourth-order valence-corrected chi connectivity index (χ4v) is 6.90. The lowest BCUT2D eigenvalue weighted by Crippen LogP contribution is -2.04. The largest absolute Gasteiger partial charge is 0.466 e. The summed E-state index contributed by atoms with van der Waals surface area (Å²) in [5.41, 5.74) is 14.6. The number of aromatic nitrogens is 4. The van der Waals surface area contributed by atoms with Crippen LogP contribution in [0.15, 0.2) is 115 Å². The van der Waals surface area contributed by atoms with Gasteiger partial charge in [-0.15, -0.1) is 0 Å². The van der Waals surface area contributed by atoms with Gasteiger partial charge in [0.2, 0.25) is 0 Å². The molecule has 244 valence electrons. The molecule has 2 N–H and O–H groups in total. The highest BCUT2D eigenvalue weighted by Crippen LogP contribution is 2.36. The van der Waals surface area contributed by atoms with Crippen molar-refractivity contribution in [3.8, 4) is 33.4 Å². The normalized spacial score (nSPS) is 11.9. The molecule has 0 spiro atoms. The van der Waals surface area contributed by atoms with E-state index in [1.54, 1.807) is 0 Å². The predicted molar refractivity (Wildman–Crippen MR) is 205 cm³/mol. The number of hydrogen-bond acceptors (Lipinski definition) is 4. The van der Waals surface area contributed by atoms with Crippen molar-refractivity contribution >= 4 is 52.3 Å². The number of nitrogens with one attached hydrogen (secondary N) is 2. The predicted octanol–water partition coefficient (Wildman–Crippen LogP) is 10.5.